The second-order valence-corrected chi connectivity index (χ2v) is 9.08. The number of anilines is 1. The zero-order valence-corrected chi connectivity index (χ0v) is 15.9. The summed E-state index contributed by atoms with van der Waals surface area (Å²) in [5, 5.41) is 0. The molecule has 2 aromatic rings. The van der Waals surface area contributed by atoms with Crippen LogP contribution in [0.1, 0.15) is 35.8 Å². The highest BCUT2D eigenvalue weighted by Crippen LogP contribution is 2.33. The van der Waals surface area contributed by atoms with E-state index in [0.717, 1.165) is 30.5 Å². The molecule has 0 unspecified atom stereocenters. The lowest BCUT2D eigenvalue weighted by Crippen LogP contribution is -2.36. The lowest BCUT2D eigenvalue weighted by atomic mass is 10.1. The fourth-order valence-electron chi connectivity index (χ4n) is 3.96. The van der Waals surface area contributed by atoms with Crippen LogP contribution in [0.3, 0.4) is 0 Å². The van der Waals surface area contributed by atoms with Crippen LogP contribution < -0.4 is 4.90 Å². The van der Waals surface area contributed by atoms with Gasteiger partial charge in [-0.2, -0.15) is 4.31 Å². The number of carbonyl (C=O) groups is 1. The van der Waals surface area contributed by atoms with Gasteiger partial charge in [0.05, 0.1) is 0 Å². The van der Waals surface area contributed by atoms with E-state index >= 15 is 0 Å². The van der Waals surface area contributed by atoms with E-state index in [0.29, 0.717) is 18.8 Å². The van der Waals surface area contributed by atoms with Gasteiger partial charge in [0.2, 0.25) is 10.0 Å². The summed E-state index contributed by atoms with van der Waals surface area (Å²) in [5.41, 5.74) is 2.45. The van der Waals surface area contributed by atoms with E-state index in [1.807, 2.05) is 31.2 Å². The Morgan fingerprint density at radius 3 is 2.58 bits per heavy atom. The van der Waals surface area contributed by atoms with Crippen molar-refractivity contribution < 1.29 is 13.2 Å². The number of para-hydroxylation sites is 1. The number of aryl methyl sites for hydroxylation is 1. The number of fused-ring (bicyclic) bond motifs is 1. The molecule has 7 heteroatoms. The Balaban J connectivity index is 1.69. The zero-order valence-electron chi connectivity index (χ0n) is 15.1. The number of aromatic nitrogens is 1. The van der Waals surface area contributed by atoms with Gasteiger partial charge in [0, 0.05) is 38.1 Å². The van der Waals surface area contributed by atoms with Crippen molar-refractivity contribution in [2.45, 2.75) is 37.1 Å². The first-order chi connectivity index (χ1) is 12.4. The largest absolute Gasteiger partial charge is 0.345 e. The molecular weight excluding hydrogens is 350 g/mol. The molecule has 6 nitrogen and oxygen atoms in total. The first kappa shape index (κ1) is 17.3. The van der Waals surface area contributed by atoms with E-state index < -0.39 is 10.0 Å². The molecule has 4 rings (SSSR count). The minimum atomic E-state index is -3.53. The lowest BCUT2D eigenvalue weighted by molar-refractivity contribution is 0.0973. The maximum Gasteiger partial charge on any atom is 0.275 e. The topological polar surface area (TPSA) is 62.6 Å². The van der Waals surface area contributed by atoms with Crippen molar-refractivity contribution in [3.8, 4) is 0 Å². The third kappa shape index (κ3) is 2.66. The average Bonchev–Trinajstić information content (AvgIpc) is 3.32. The molecule has 0 aliphatic carbocycles. The highest BCUT2D eigenvalue weighted by atomic mass is 32.2. The van der Waals surface area contributed by atoms with Gasteiger partial charge in [0.25, 0.3) is 5.91 Å². The Morgan fingerprint density at radius 1 is 1.15 bits per heavy atom. The van der Waals surface area contributed by atoms with E-state index in [-0.39, 0.29) is 16.8 Å². The molecule has 2 aliphatic rings. The Morgan fingerprint density at radius 2 is 1.85 bits per heavy atom. The molecule has 0 radical (unpaired) electrons. The Labute approximate surface area is 154 Å². The van der Waals surface area contributed by atoms with Gasteiger partial charge in [-0.05, 0) is 43.9 Å². The van der Waals surface area contributed by atoms with E-state index in [4.69, 9.17) is 0 Å². The molecule has 138 valence electrons. The highest BCUT2D eigenvalue weighted by Gasteiger charge is 2.34. The molecule has 3 heterocycles. The number of benzene rings is 1. The smallest absolute Gasteiger partial charge is 0.275 e. The SMILES string of the molecule is C[C@@H]1Cc2ccccc2N1C(=O)c1cc(S(=O)(=O)N2CCCC2)cn1C. The van der Waals surface area contributed by atoms with Crippen molar-refractivity contribution in [2.75, 3.05) is 18.0 Å². The van der Waals surface area contributed by atoms with Crippen molar-refractivity contribution >= 4 is 21.6 Å². The van der Waals surface area contributed by atoms with Crippen molar-refractivity contribution in [2.24, 2.45) is 7.05 Å². The average molecular weight is 373 g/mol. The number of rotatable bonds is 3. The molecule has 0 spiro atoms. The molecule has 1 aromatic heterocycles. The molecule has 0 N–H and O–H groups in total. The Hall–Kier alpha value is -2.12. The molecule has 0 bridgehead atoms. The lowest BCUT2D eigenvalue weighted by Gasteiger charge is -2.22. The van der Waals surface area contributed by atoms with Crippen LogP contribution in [0.15, 0.2) is 41.4 Å². The molecule has 1 fully saturated rings. The number of nitrogens with zero attached hydrogens (tertiary/aromatic N) is 3. The van der Waals surface area contributed by atoms with Gasteiger partial charge in [-0.3, -0.25) is 4.79 Å². The molecule has 1 aromatic carbocycles. The van der Waals surface area contributed by atoms with Crippen LogP contribution >= 0.6 is 0 Å². The van der Waals surface area contributed by atoms with Gasteiger partial charge in [0.1, 0.15) is 10.6 Å². The minimum absolute atomic E-state index is 0.0495. The van der Waals surface area contributed by atoms with E-state index in [2.05, 4.69) is 0 Å². The highest BCUT2D eigenvalue weighted by molar-refractivity contribution is 7.89. The fourth-order valence-corrected chi connectivity index (χ4v) is 5.55. The van der Waals surface area contributed by atoms with Gasteiger partial charge < -0.3 is 9.47 Å². The number of sulfonamides is 1. The second-order valence-electron chi connectivity index (χ2n) is 7.14. The predicted molar refractivity (Wildman–Crippen MR) is 99.8 cm³/mol. The number of hydrogen-bond donors (Lipinski definition) is 0. The first-order valence-corrected chi connectivity index (χ1v) is 10.4. The number of amides is 1. The molecular formula is C19H23N3O3S. The van der Waals surface area contributed by atoms with Crippen molar-refractivity contribution in [3.05, 3.63) is 47.8 Å². The monoisotopic (exact) mass is 373 g/mol. The maximum atomic E-state index is 13.2. The molecule has 1 atom stereocenters. The molecule has 1 saturated heterocycles. The first-order valence-electron chi connectivity index (χ1n) is 8.97. The summed E-state index contributed by atoms with van der Waals surface area (Å²) in [7, 11) is -1.80. The molecule has 2 aliphatic heterocycles. The van der Waals surface area contributed by atoms with Crippen LogP contribution in [0.5, 0.6) is 0 Å². The van der Waals surface area contributed by atoms with Crippen LogP contribution in [0.2, 0.25) is 0 Å². The van der Waals surface area contributed by atoms with Crippen LogP contribution in [0, 0.1) is 0 Å². The summed E-state index contributed by atoms with van der Waals surface area (Å²) < 4.78 is 28.7. The van der Waals surface area contributed by atoms with Gasteiger partial charge >= 0.3 is 0 Å². The quantitative estimate of drug-likeness (QED) is 0.830. The maximum absolute atomic E-state index is 13.2. The summed E-state index contributed by atoms with van der Waals surface area (Å²) in [4.78, 5) is 15.2. The van der Waals surface area contributed by atoms with E-state index in [1.54, 1.807) is 22.7 Å². The van der Waals surface area contributed by atoms with Crippen LogP contribution in [-0.4, -0.2) is 42.3 Å². The molecule has 1 amide bonds. The van der Waals surface area contributed by atoms with Crippen molar-refractivity contribution in [1.29, 1.82) is 0 Å². The van der Waals surface area contributed by atoms with Crippen LogP contribution in [0.4, 0.5) is 5.69 Å². The summed E-state index contributed by atoms with van der Waals surface area (Å²) in [6.45, 7) is 3.12. The normalized spacial score (nSPS) is 20.5. The van der Waals surface area contributed by atoms with Crippen LogP contribution in [0.25, 0.3) is 0 Å². The minimum Gasteiger partial charge on any atom is -0.345 e. The Kier molecular flexibility index (Phi) is 4.16. The summed E-state index contributed by atoms with van der Waals surface area (Å²) in [5.74, 6) is -0.159. The second kappa shape index (κ2) is 6.25. The summed E-state index contributed by atoms with van der Waals surface area (Å²) in [6, 6.07) is 9.45. The Bertz CT molecular complexity index is 958. The molecule has 0 saturated carbocycles. The fraction of sp³-hybridized carbons (Fsp3) is 0.421. The summed E-state index contributed by atoms with van der Waals surface area (Å²) >= 11 is 0. The van der Waals surface area contributed by atoms with Gasteiger partial charge in [-0.25, -0.2) is 8.42 Å². The van der Waals surface area contributed by atoms with Gasteiger partial charge in [-0.1, -0.05) is 18.2 Å². The van der Waals surface area contributed by atoms with Gasteiger partial charge in [0.15, 0.2) is 0 Å². The third-order valence-corrected chi connectivity index (χ3v) is 7.19. The van der Waals surface area contributed by atoms with Crippen molar-refractivity contribution in [3.63, 3.8) is 0 Å². The number of carbonyl (C=O) groups excluding carboxylic acids is 1. The van der Waals surface area contributed by atoms with E-state index in [1.165, 1.54) is 10.4 Å². The number of hydrogen-bond acceptors (Lipinski definition) is 3. The zero-order chi connectivity index (χ0) is 18.5. The predicted octanol–water partition coefficient (Wildman–Crippen LogP) is 2.40. The molecule has 26 heavy (non-hydrogen) atoms. The van der Waals surface area contributed by atoms with Crippen molar-refractivity contribution in [1.82, 2.24) is 8.87 Å². The third-order valence-electron chi connectivity index (χ3n) is 5.33. The standard InChI is InChI=1S/C19H23N3O3S/c1-14-11-15-7-3-4-8-17(15)22(14)19(23)18-12-16(13-20(18)2)26(24,25)21-9-5-6-10-21/h3-4,7-8,12-14H,5-6,9-11H2,1-2H3/t14-/m1/s1. The van der Waals surface area contributed by atoms with Gasteiger partial charge in [-0.15, -0.1) is 0 Å². The van der Waals surface area contributed by atoms with Crippen LogP contribution in [-0.2, 0) is 23.5 Å². The van der Waals surface area contributed by atoms with E-state index in [9.17, 15) is 13.2 Å². The summed E-state index contributed by atoms with van der Waals surface area (Å²) in [6.07, 6.45) is 4.14.